The van der Waals surface area contributed by atoms with Gasteiger partial charge in [-0.15, -0.1) is 0 Å². The maximum Gasteiger partial charge on any atom is 0.257 e. The predicted octanol–water partition coefficient (Wildman–Crippen LogP) is 1.51. The van der Waals surface area contributed by atoms with Crippen molar-refractivity contribution in [2.45, 2.75) is 6.42 Å². The predicted molar refractivity (Wildman–Crippen MR) is 101 cm³/mol. The van der Waals surface area contributed by atoms with Crippen LogP contribution >= 0.6 is 0 Å². The minimum absolute atomic E-state index is 0.0168. The van der Waals surface area contributed by atoms with Crippen LogP contribution in [-0.2, 0) is 16.0 Å². The fraction of sp³-hybridized carbons (Fsp3) is 0.263. The first-order valence-corrected chi connectivity index (χ1v) is 8.22. The first-order valence-electron chi connectivity index (χ1n) is 8.22. The molecule has 8 nitrogen and oxygen atoms in total. The van der Waals surface area contributed by atoms with Crippen molar-refractivity contribution in [1.82, 2.24) is 10.9 Å². The molecule has 2 rings (SSSR count). The second kappa shape index (κ2) is 9.91. The van der Waals surface area contributed by atoms with Crippen molar-refractivity contribution >= 4 is 17.5 Å². The molecule has 0 heterocycles. The van der Waals surface area contributed by atoms with Crippen molar-refractivity contribution in [2.24, 2.45) is 0 Å². The van der Waals surface area contributed by atoms with Crippen LogP contribution in [0.25, 0.3) is 0 Å². The monoisotopic (exact) mass is 373 g/mol. The minimum Gasteiger partial charge on any atom is -0.497 e. The third-order valence-corrected chi connectivity index (χ3v) is 3.70. The molecule has 2 aromatic carbocycles. The highest BCUT2D eigenvalue weighted by Gasteiger charge is 2.09. The fourth-order valence-corrected chi connectivity index (χ4v) is 2.30. The van der Waals surface area contributed by atoms with Gasteiger partial charge in [0.15, 0.2) is 11.5 Å². The highest BCUT2D eigenvalue weighted by molar-refractivity contribution is 5.85. The van der Waals surface area contributed by atoms with E-state index in [0.717, 1.165) is 17.0 Å². The average Bonchev–Trinajstić information content (AvgIpc) is 2.70. The van der Waals surface area contributed by atoms with Crippen LogP contribution in [0.4, 0.5) is 5.69 Å². The van der Waals surface area contributed by atoms with Gasteiger partial charge in [0.05, 0.1) is 34.3 Å². The smallest absolute Gasteiger partial charge is 0.257 e. The summed E-state index contributed by atoms with van der Waals surface area (Å²) in [6.45, 7) is 0.0168. The van der Waals surface area contributed by atoms with E-state index >= 15 is 0 Å². The lowest BCUT2D eigenvalue weighted by molar-refractivity contribution is -0.127. The van der Waals surface area contributed by atoms with E-state index in [2.05, 4.69) is 16.2 Å². The molecule has 3 N–H and O–H groups in total. The first-order chi connectivity index (χ1) is 13.0. The van der Waals surface area contributed by atoms with Gasteiger partial charge in [-0.05, 0) is 42.0 Å². The lowest BCUT2D eigenvalue weighted by Gasteiger charge is -2.11. The maximum absolute atomic E-state index is 12.0. The molecule has 0 aliphatic heterocycles. The number of nitrogens with one attached hydrogen (secondary N) is 3. The molecular weight excluding hydrogens is 350 g/mol. The molecular formula is C19H23N3O5. The van der Waals surface area contributed by atoms with Crippen LogP contribution in [0.5, 0.6) is 17.2 Å². The number of hydrazine groups is 1. The molecule has 0 radical (unpaired) electrons. The molecule has 144 valence electrons. The van der Waals surface area contributed by atoms with Crippen molar-refractivity contribution in [3.63, 3.8) is 0 Å². The summed E-state index contributed by atoms with van der Waals surface area (Å²) >= 11 is 0. The van der Waals surface area contributed by atoms with Crippen molar-refractivity contribution < 1.29 is 23.8 Å². The molecule has 0 aliphatic carbocycles. The number of carbonyl (C=O) groups excluding carboxylic acids is 2. The van der Waals surface area contributed by atoms with Gasteiger partial charge in [0.1, 0.15) is 5.75 Å². The van der Waals surface area contributed by atoms with Crippen LogP contribution in [0, 0.1) is 0 Å². The number of hydrogen-bond acceptors (Lipinski definition) is 6. The second-order valence-corrected chi connectivity index (χ2v) is 5.54. The Labute approximate surface area is 157 Å². The third-order valence-electron chi connectivity index (χ3n) is 3.70. The Balaban J connectivity index is 1.76. The molecule has 0 fully saturated rings. The summed E-state index contributed by atoms with van der Waals surface area (Å²) in [5.41, 5.74) is 6.24. The Kier molecular flexibility index (Phi) is 7.30. The number of carbonyl (C=O) groups is 2. The molecule has 0 aliphatic rings. The van der Waals surface area contributed by atoms with Crippen molar-refractivity contribution in [3.05, 3.63) is 48.0 Å². The number of anilines is 1. The van der Waals surface area contributed by atoms with Gasteiger partial charge in [0.2, 0.25) is 5.91 Å². The summed E-state index contributed by atoms with van der Waals surface area (Å²) in [5.74, 6) is 1.13. The van der Waals surface area contributed by atoms with Gasteiger partial charge in [-0.3, -0.25) is 20.4 Å². The highest BCUT2D eigenvalue weighted by Crippen LogP contribution is 2.27. The lowest BCUT2D eigenvalue weighted by atomic mass is 10.1. The Morgan fingerprint density at radius 3 is 2.11 bits per heavy atom. The Morgan fingerprint density at radius 2 is 1.48 bits per heavy atom. The maximum atomic E-state index is 12.0. The number of benzene rings is 2. The normalized spacial score (nSPS) is 9.89. The third kappa shape index (κ3) is 6.10. The van der Waals surface area contributed by atoms with Gasteiger partial charge in [-0.25, -0.2) is 0 Å². The molecule has 0 bridgehead atoms. The minimum atomic E-state index is -0.369. The molecule has 0 saturated carbocycles. The standard InChI is InChI=1S/C19H23N3O5/c1-25-15-7-5-14(6-8-15)20-12-19(24)22-21-18(23)11-13-4-9-16(26-2)17(10-13)27-3/h4-10,20H,11-12H2,1-3H3,(H,21,23)(H,22,24). The number of rotatable bonds is 8. The van der Waals surface area contributed by atoms with Crippen LogP contribution in [0.1, 0.15) is 5.56 Å². The van der Waals surface area contributed by atoms with Crippen molar-refractivity contribution in [2.75, 3.05) is 33.2 Å². The molecule has 27 heavy (non-hydrogen) atoms. The first kappa shape index (κ1) is 19.9. The summed E-state index contributed by atoms with van der Waals surface area (Å²) in [6.07, 6.45) is 0.0898. The zero-order valence-corrected chi connectivity index (χ0v) is 15.5. The summed E-state index contributed by atoms with van der Waals surface area (Å²) in [6, 6.07) is 12.3. The molecule has 2 amide bonds. The van der Waals surface area contributed by atoms with Gasteiger partial charge in [0.25, 0.3) is 5.91 Å². The summed E-state index contributed by atoms with van der Waals surface area (Å²) in [4.78, 5) is 23.8. The van der Waals surface area contributed by atoms with E-state index in [4.69, 9.17) is 14.2 Å². The summed E-state index contributed by atoms with van der Waals surface area (Å²) in [7, 11) is 4.65. The highest BCUT2D eigenvalue weighted by atomic mass is 16.5. The molecule has 0 unspecified atom stereocenters. The largest absolute Gasteiger partial charge is 0.497 e. The number of ether oxygens (including phenoxy) is 3. The van der Waals surface area contributed by atoms with Gasteiger partial charge in [-0.2, -0.15) is 0 Å². The van der Waals surface area contributed by atoms with E-state index in [1.165, 1.54) is 7.11 Å². The number of amides is 2. The van der Waals surface area contributed by atoms with Crippen LogP contribution in [-0.4, -0.2) is 39.7 Å². The van der Waals surface area contributed by atoms with Crippen LogP contribution in [0.2, 0.25) is 0 Å². The summed E-state index contributed by atoms with van der Waals surface area (Å²) < 4.78 is 15.4. The lowest BCUT2D eigenvalue weighted by Crippen LogP contribution is -2.44. The van der Waals surface area contributed by atoms with E-state index in [1.54, 1.807) is 56.7 Å². The average molecular weight is 373 g/mol. The van der Waals surface area contributed by atoms with E-state index < -0.39 is 0 Å². The quantitative estimate of drug-likeness (QED) is 0.607. The van der Waals surface area contributed by atoms with Crippen LogP contribution in [0.15, 0.2) is 42.5 Å². The van der Waals surface area contributed by atoms with Gasteiger partial charge < -0.3 is 19.5 Å². The zero-order valence-electron chi connectivity index (χ0n) is 15.5. The van der Waals surface area contributed by atoms with Gasteiger partial charge >= 0.3 is 0 Å². The second-order valence-electron chi connectivity index (χ2n) is 5.54. The van der Waals surface area contributed by atoms with Crippen molar-refractivity contribution in [1.29, 1.82) is 0 Å². The zero-order chi connectivity index (χ0) is 19.6. The molecule has 2 aromatic rings. The molecule has 0 saturated heterocycles. The van der Waals surface area contributed by atoms with Gasteiger partial charge in [-0.1, -0.05) is 6.07 Å². The van der Waals surface area contributed by atoms with E-state index in [9.17, 15) is 9.59 Å². The Morgan fingerprint density at radius 1 is 0.815 bits per heavy atom. The van der Waals surface area contributed by atoms with Gasteiger partial charge in [0, 0.05) is 5.69 Å². The topological polar surface area (TPSA) is 97.9 Å². The molecule has 8 heteroatoms. The van der Waals surface area contributed by atoms with Crippen molar-refractivity contribution in [3.8, 4) is 17.2 Å². The SMILES string of the molecule is COc1ccc(NCC(=O)NNC(=O)Cc2ccc(OC)c(OC)c2)cc1. The summed E-state index contributed by atoms with van der Waals surface area (Å²) in [5, 5.41) is 2.95. The molecule has 0 atom stereocenters. The van der Waals surface area contributed by atoms with E-state index in [1.807, 2.05) is 0 Å². The molecule has 0 spiro atoms. The van der Waals surface area contributed by atoms with E-state index in [0.29, 0.717) is 11.5 Å². The fourth-order valence-electron chi connectivity index (χ4n) is 2.30. The number of methoxy groups -OCH3 is 3. The van der Waals surface area contributed by atoms with Crippen LogP contribution < -0.4 is 30.4 Å². The van der Waals surface area contributed by atoms with E-state index in [-0.39, 0.29) is 24.8 Å². The Bertz CT molecular complexity index is 777. The number of hydrogen-bond donors (Lipinski definition) is 3. The van der Waals surface area contributed by atoms with Crippen LogP contribution in [0.3, 0.4) is 0 Å². The molecule has 0 aromatic heterocycles. The Hall–Kier alpha value is -3.42.